The number of carbonyl (C=O) groups is 2. The number of amides is 2. The number of halogens is 3. The van der Waals surface area contributed by atoms with Crippen LogP contribution in [0, 0.1) is 6.92 Å². The Kier molecular flexibility index (Phi) is 7.36. The molecule has 0 aliphatic carbocycles. The highest BCUT2D eigenvalue weighted by molar-refractivity contribution is 5.95. The smallest absolute Gasteiger partial charge is 0.380 e. The first-order valence-corrected chi connectivity index (χ1v) is 10.7. The molecule has 1 fully saturated rings. The van der Waals surface area contributed by atoms with E-state index < -0.39 is 24.1 Å². The first-order valence-electron chi connectivity index (χ1n) is 10.7. The monoisotopic (exact) mass is 464 g/mol. The van der Waals surface area contributed by atoms with Crippen LogP contribution in [0.15, 0.2) is 36.7 Å². The first-order chi connectivity index (χ1) is 15.5. The van der Waals surface area contributed by atoms with Gasteiger partial charge in [-0.1, -0.05) is 6.07 Å². The van der Waals surface area contributed by atoms with Crippen molar-refractivity contribution in [3.05, 3.63) is 59.2 Å². The van der Waals surface area contributed by atoms with Gasteiger partial charge in [-0.3, -0.25) is 19.6 Å². The van der Waals surface area contributed by atoms with Gasteiger partial charge in [0.05, 0.1) is 17.7 Å². The number of nitrogens with zero attached hydrogens (tertiary/aromatic N) is 3. The summed E-state index contributed by atoms with van der Waals surface area (Å²) in [5.74, 6) is -1.14. The number of aliphatic hydroxyl groups is 1. The number of pyridine rings is 2. The van der Waals surface area contributed by atoms with Crippen molar-refractivity contribution in [2.75, 3.05) is 13.1 Å². The van der Waals surface area contributed by atoms with E-state index in [1.165, 1.54) is 4.90 Å². The van der Waals surface area contributed by atoms with Crippen LogP contribution in [0.5, 0.6) is 0 Å². The summed E-state index contributed by atoms with van der Waals surface area (Å²) in [6.45, 7) is 3.18. The quantitative estimate of drug-likeness (QED) is 0.685. The van der Waals surface area contributed by atoms with E-state index in [1.807, 2.05) is 13.0 Å². The van der Waals surface area contributed by atoms with Crippen LogP contribution < -0.4 is 5.32 Å². The Morgan fingerprint density at radius 1 is 1.21 bits per heavy atom. The van der Waals surface area contributed by atoms with Gasteiger partial charge in [-0.2, -0.15) is 13.2 Å². The predicted molar refractivity (Wildman–Crippen MR) is 114 cm³/mol. The number of likely N-dealkylation sites (tertiary alicyclic amines) is 1. The highest BCUT2D eigenvalue weighted by Gasteiger charge is 2.51. The molecule has 33 heavy (non-hydrogen) atoms. The summed E-state index contributed by atoms with van der Waals surface area (Å²) in [5, 5.41) is 12.5. The molecule has 0 spiro atoms. The maximum Gasteiger partial charge on any atom is 0.417 e. The van der Waals surface area contributed by atoms with E-state index in [0.717, 1.165) is 11.3 Å². The van der Waals surface area contributed by atoms with E-state index in [-0.39, 0.29) is 24.9 Å². The van der Waals surface area contributed by atoms with Crippen molar-refractivity contribution in [1.29, 1.82) is 0 Å². The molecule has 1 aliphatic rings. The minimum atomic E-state index is -4.88. The van der Waals surface area contributed by atoms with Gasteiger partial charge in [-0.05, 0) is 50.5 Å². The Morgan fingerprint density at radius 2 is 1.91 bits per heavy atom. The zero-order valence-corrected chi connectivity index (χ0v) is 18.5. The first kappa shape index (κ1) is 24.6. The fourth-order valence-electron chi connectivity index (χ4n) is 3.77. The zero-order valence-electron chi connectivity index (χ0n) is 18.5. The molecule has 0 saturated carbocycles. The molecule has 2 aromatic heterocycles. The summed E-state index contributed by atoms with van der Waals surface area (Å²) in [5.41, 5.74) is -0.414. The number of aryl methyl sites for hydroxylation is 1. The van der Waals surface area contributed by atoms with E-state index >= 15 is 0 Å². The van der Waals surface area contributed by atoms with E-state index in [1.54, 1.807) is 30.6 Å². The molecule has 2 N–H and O–H groups in total. The van der Waals surface area contributed by atoms with Crippen molar-refractivity contribution >= 4 is 11.8 Å². The molecule has 0 radical (unpaired) electrons. The zero-order chi connectivity index (χ0) is 24.2. The van der Waals surface area contributed by atoms with E-state index in [0.29, 0.717) is 37.6 Å². The number of hydrogen-bond acceptors (Lipinski definition) is 5. The van der Waals surface area contributed by atoms with Crippen LogP contribution in [0.4, 0.5) is 13.2 Å². The van der Waals surface area contributed by atoms with Crippen LogP contribution in [0.2, 0.25) is 0 Å². The standard InChI is InChI=1S/C23H27F3N4O3/c1-15-5-6-18(21(32)28-14-16-4-3-9-27-13-16)20(29-15)17-7-10-30(11-8-17)19(31)12-22(2,33)23(24,25)26/h3-6,9,13,17,33H,7-8,10-12,14H2,1-2H3,(H,28,32). The van der Waals surface area contributed by atoms with Gasteiger partial charge in [0.1, 0.15) is 0 Å². The number of aromatic nitrogens is 2. The largest absolute Gasteiger partial charge is 0.417 e. The maximum absolute atomic E-state index is 12.9. The SMILES string of the molecule is Cc1ccc(C(=O)NCc2cccnc2)c(C2CCN(C(=O)CC(C)(O)C(F)(F)F)CC2)n1. The van der Waals surface area contributed by atoms with Crippen LogP contribution in [-0.4, -0.2) is 56.7 Å². The van der Waals surface area contributed by atoms with Crippen LogP contribution in [0.1, 0.15) is 59.4 Å². The van der Waals surface area contributed by atoms with E-state index in [4.69, 9.17) is 0 Å². The van der Waals surface area contributed by atoms with E-state index in [2.05, 4.69) is 15.3 Å². The summed E-state index contributed by atoms with van der Waals surface area (Å²) in [4.78, 5) is 35.1. The van der Waals surface area contributed by atoms with Gasteiger partial charge in [0.2, 0.25) is 5.91 Å². The molecule has 10 heteroatoms. The van der Waals surface area contributed by atoms with Crippen molar-refractivity contribution < 1.29 is 27.9 Å². The normalized spacial score (nSPS) is 16.8. The van der Waals surface area contributed by atoms with Gasteiger partial charge < -0.3 is 15.3 Å². The highest BCUT2D eigenvalue weighted by Crippen LogP contribution is 2.34. The Hall–Kier alpha value is -3.01. The lowest BCUT2D eigenvalue weighted by Gasteiger charge is -2.34. The van der Waals surface area contributed by atoms with Gasteiger partial charge >= 0.3 is 6.18 Å². The molecule has 2 amide bonds. The number of rotatable bonds is 6. The average Bonchev–Trinajstić information content (AvgIpc) is 2.77. The van der Waals surface area contributed by atoms with Crippen LogP contribution in [-0.2, 0) is 11.3 Å². The third kappa shape index (κ3) is 6.07. The number of nitrogens with one attached hydrogen (secondary N) is 1. The second-order valence-corrected chi connectivity index (χ2v) is 8.53. The Balaban J connectivity index is 1.65. The summed E-state index contributed by atoms with van der Waals surface area (Å²) in [7, 11) is 0. The van der Waals surface area contributed by atoms with Crippen molar-refractivity contribution in [2.24, 2.45) is 0 Å². The third-order valence-electron chi connectivity index (χ3n) is 5.82. The predicted octanol–water partition coefficient (Wildman–Crippen LogP) is 3.12. The molecule has 1 atom stereocenters. The molecular formula is C23H27F3N4O3. The fourth-order valence-corrected chi connectivity index (χ4v) is 3.77. The minimum absolute atomic E-state index is 0.115. The summed E-state index contributed by atoms with van der Waals surface area (Å²) in [6.07, 6.45) is -1.68. The second kappa shape index (κ2) is 9.86. The molecule has 7 nitrogen and oxygen atoms in total. The average molecular weight is 464 g/mol. The lowest BCUT2D eigenvalue weighted by molar-refractivity contribution is -0.254. The van der Waals surface area contributed by atoms with Crippen LogP contribution >= 0.6 is 0 Å². The number of piperidine rings is 1. The lowest BCUT2D eigenvalue weighted by Crippen LogP contribution is -2.48. The molecule has 3 rings (SSSR count). The van der Waals surface area contributed by atoms with Crippen molar-refractivity contribution in [1.82, 2.24) is 20.2 Å². The third-order valence-corrected chi connectivity index (χ3v) is 5.82. The van der Waals surface area contributed by atoms with Crippen molar-refractivity contribution in [2.45, 2.75) is 57.3 Å². The topological polar surface area (TPSA) is 95.4 Å². The van der Waals surface area contributed by atoms with Gasteiger partial charge in [-0.25, -0.2) is 0 Å². The number of alkyl halides is 3. The molecule has 2 aromatic rings. The second-order valence-electron chi connectivity index (χ2n) is 8.53. The molecule has 1 saturated heterocycles. The summed E-state index contributed by atoms with van der Waals surface area (Å²) < 4.78 is 38.7. The minimum Gasteiger partial charge on any atom is -0.380 e. The Morgan fingerprint density at radius 3 is 2.52 bits per heavy atom. The number of hydrogen-bond donors (Lipinski definition) is 2. The van der Waals surface area contributed by atoms with Crippen molar-refractivity contribution in [3.8, 4) is 0 Å². The van der Waals surface area contributed by atoms with Gasteiger partial charge in [0.25, 0.3) is 5.91 Å². The Bertz CT molecular complexity index is 988. The van der Waals surface area contributed by atoms with Crippen LogP contribution in [0.25, 0.3) is 0 Å². The van der Waals surface area contributed by atoms with Gasteiger partial charge in [0, 0.05) is 43.6 Å². The molecule has 0 aromatic carbocycles. The molecule has 178 valence electrons. The van der Waals surface area contributed by atoms with Gasteiger partial charge in [-0.15, -0.1) is 0 Å². The Labute approximate surface area is 190 Å². The number of carbonyl (C=O) groups excluding carboxylic acids is 2. The van der Waals surface area contributed by atoms with E-state index in [9.17, 15) is 27.9 Å². The maximum atomic E-state index is 12.9. The van der Waals surface area contributed by atoms with Crippen molar-refractivity contribution in [3.63, 3.8) is 0 Å². The molecule has 1 unspecified atom stereocenters. The summed E-state index contributed by atoms with van der Waals surface area (Å²) in [6, 6.07) is 7.10. The highest BCUT2D eigenvalue weighted by atomic mass is 19.4. The molecule has 0 bridgehead atoms. The van der Waals surface area contributed by atoms with Gasteiger partial charge in [0.15, 0.2) is 5.60 Å². The molecule has 1 aliphatic heterocycles. The molecular weight excluding hydrogens is 437 g/mol. The van der Waals surface area contributed by atoms with Crippen LogP contribution in [0.3, 0.4) is 0 Å². The molecule has 3 heterocycles. The fraction of sp³-hybridized carbons (Fsp3) is 0.478. The lowest BCUT2D eigenvalue weighted by atomic mass is 9.89. The summed E-state index contributed by atoms with van der Waals surface area (Å²) >= 11 is 0.